The molecule has 5 heterocycles. The number of rotatable bonds is 3. The lowest BCUT2D eigenvalue weighted by molar-refractivity contribution is 0.133. The van der Waals surface area contributed by atoms with Crippen LogP contribution < -0.4 is 10.6 Å². The molecule has 0 aliphatic carbocycles. The molecule has 0 amide bonds. The zero-order valence-electron chi connectivity index (χ0n) is 15.2. The summed E-state index contributed by atoms with van der Waals surface area (Å²) in [7, 11) is 0. The highest BCUT2D eigenvalue weighted by Crippen LogP contribution is 2.40. The number of nitrogens with two attached hydrogens (primary N) is 1. The van der Waals surface area contributed by atoms with Gasteiger partial charge in [-0.05, 0) is 30.7 Å². The lowest BCUT2D eigenvalue weighted by Gasteiger charge is -2.38. The molecule has 2 aliphatic heterocycles. The van der Waals surface area contributed by atoms with Crippen LogP contribution in [0.4, 0.5) is 11.8 Å². The minimum atomic E-state index is 0.358. The van der Waals surface area contributed by atoms with Crippen molar-refractivity contribution in [3.05, 3.63) is 29.8 Å². The monoisotopic (exact) mass is 417 g/mol. The smallest absolute Gasteiger partial charge is 0.212 e. The van der Waals surface area contributed by atoms with E-state index in [0.717, 1.165) is 60.5 Å². The number of ether oxygens (including phenoxy) is 1. The minimum Gasteiger partial charge on any atom is -0.384 e. The molecule has 10 heteroatoms. The first-order valence-corrected chi connectivity index (χ1v) is 10.4. The first kappa shape index (κ1) is 18.0. The summed E-state index contributed by atoms with van der Waals surface area (Å²) < 4.78 is 7.59. The Bertz CT molecular complexity index is 1010. The van der Waals surface area contributed by atoms with Gasteiger partial charge in [0.25, 0.3) is 0 Å². The number of halogens is 1. The number of fused-ring (bicyclic) bond motifs is 1. The summed E-state index contributed by atoms with van der Waals surface area (Å²) in [5.41, 5.74) is 6.91. The number of anilines is 2. The van der Waals surface area contributed by atoms with Crippen LogP contribution in [0.15, 0.2) is 34.6 Å². The van der Waals surface area contributed by atoms with E-state index in [4.69, 9.17) is 27.1 Å². The molecule has 5 rings (SSSR count). The highest BCUT2D eigenvalue weighted by atomic mass is 35.5. The second-order valence-electron chi connectivity index (χ2n) is 7.38. The number of hydrogen-bond donors (Lipinski definition) is 1. The van der Waals surface area contributed by atoms with Gasteiger partial charge in [0.05, 0.1) is 16.5 Å². The SMILES string of the molecule is Nc1cc(Sc2cnc(N3CCC4(CCOC4)CC3)n3cnnc23)c(Cl)cn1. The van der Waals surface area contributed by atoms with E-state index in [1.54, 1.807) is 18.6 Å². The molecule has 0 aromatic carbocycles. The lowest BCUT2D eigenvalue weighted by atomic mass is 9.78. The van der Waals surface area contributed by atoms with E-state index in [1.807, 2.05) is 10.6 Å². The largest absolute Gasteiger partial charge is 0.384 e. The van der Waals surface area contributed by atoms with E-state index in [0.29, 0.717) is 16.3 Å². The second kappa shape index (κ2) is 7.06. The van der Waals surface area contributed by atoms with E-state index >= 15 is 0 Å². The quantitative estimate of drug-likeness (QED) is 0.695. The number of nitrogen functional groups attached to an aromatic ring is 1. The molecule has 2 saturated heterocycles. The molecule has 3 aromatic heterocycles. The number of aromatic nitrogens is 5. The Balaban J connectivity index is 1.43. The van der Waals surface area contributed by atoms with Gasteiger partial charge in [-0.25, -0.2) is 14.4 Å². The van der Waals surface area contributed by atoms with Crippen molar-refractivity contribution in [1.82, 2.24) is 24.6 Å². The summed E-state index contributed by atoms with van der Waals surface area (Å²) in [5.74, 6) is 1.30. The zero-order chi connectivity index (χ0) is 19.1. The van der Waals surface area contributed by atoms with Crippen LogP contribution in [0, 0.1) is 5.41 Å². The van der Waals surface area contributed by atoms with Crippen LogP contribution in [-0.4, -0.2) is 50.9 Å². The topological polar surface area (TPSA) is 94.5 Å². The van der Waals surface area contributed by atoms with Gasteiger partial charge in [-0.3, -0.25) is 0 Å². The van der Waals surface area contributed by atoms with E-state index < -0.39 is 0 Å². The Morgan fingerprint density at radius 1 is 1.14 bits per heavy atom. The molecule has 1 spiro atoms. The lowest BCUT2D eigenvalue weighted by Crippen LogP contribution is -2.41. The Hall–Kier alpha value is -2.10. The number of hydrogen-bond acceptors (Lipinski definition) is 8. The average Bonchev–Trinajstić information content (AvgIpc) is 3.36. The highest BCUT2D eigenvalue weighted by molar-refractivity contribution is 7.99. The van der Waals surface area contributed by atoms with E-state index in [1.165, 1.54) is 18.2 Å². The van der Waals surface area contributed by atoms with Crippen LogP contribution in [0.1, 0.15) is 19.3 Å². The van der Waals surface area contributed by atoms with Gasteiger partial charge < -0.3 is 15.4 Å². The van der Waals surface area contributed by atoms with Crippen molar-refractivity contribution in [2.75, 3.05) is 36.9 Å². The van der Waals surface area contributed by atoms with E-state index in [2.05, 4.69) is 20.1 Å². The van der Waals surface area contributed by atoms with Gasteiger partial charge in [0.1, 0.15) is 12.1 Å². The standard InChI is InChI=1S/C18H20ClN7OS/c19-12-8-21-15(20)7-13(12)28-14-9-22-17(26-11-23-24-16(14)26)25-4-1-18(2-5-25)3-6-27-10-18/h7-9,11H,1-6,10H2,(H2,20,21). The van der Waals surface area contributed by atoms with Crippen molar-refractivity contribution in [1.29, 1.82) is 0 Å². The van der Waals surface area contributed by atoms with Crippen molar-refractivity contribution in [2.45, 2.75) is 29.1 Å². The van der Waals surface area contributed by atoms with Gasteiger partial charge in [0.2, 0.25) is 5.95 Å². The molecule has 28 heavy (non-hydrogen) atoms. The van der Waals surface area contributed by atoms with Crippen LogP contribution in [0.25, 0.3) is 5.65 Å². The summed E-state index contributed by atoms with van der Waals surface area (Å²) >= 11 is 7.72. The van der Waals surface area contributed by atoms with Crippen molar-refractivity contribution in [2.24, 2.45) is 5.41 Å². The predicted octanol–water partition coefficient (Wildman–Crippen LogP) is 2.91. The van der Waals surface area contributed by atoms with Crippen molar-refractivity contribution < 1.29 is 4.74 Å². The molecule has 8 nitrogen and oxygen atoms in total. The molecule has 0 unspecified atom stereocenters. The maximum atomic E-state index is 6.26. The summed E-state index contributed by atoms with van der Waals surface area (Å²) in [5, 5.41) is 8.96. The molecule has 3 aromatic rings. The zero-order valence-corrected chi connectivity index (χ0v) is 16.8. The van der Waals surface area contributed by atoms with Crippen molar-refractivity contribution in [3.63, 3.8) is 0 Å². The first-order valence-electron chi connectivity index (χ1n) is 9.24. The van der Waals surface area contributed by atoms with Crippen LogP contribution in [0.2, 0.25) is 5.02 Å². The minimum absolute atomic E-state index is 0.358. The molecule has 2 aliphatic rings. The van der Waals surface area contributed by atoms with E-state index in [-0.39, 0.29) is 0 Å². The van der Waals surface area contributed by atoms with E-state index in [9.17, 15) is 0 Å². The summed E-state index contributed by atoms with van der Waals surface area (Å²) in [4.78, 5) is 12.7. The Morgan fingerprint density at radius 2 is 2.00 bits per heavy atom. The Kier molecular flexibility index (Phi) is 4.53. The number of piperidine rings is 1. The maximum absolute atomic E-state index is 6.26. The summed E-state index contributed by atoms with van der Waals surface area (Å²) in [6.07, 6.45) is 8.52. The van der Waals surface area contributed by atoms with Gasteiger partial charge in [-0.2, -0.15) is 0 Å². The number of pyridine rings is 1. The van der Waals surface area contributed by atoms with Crippen LogP contribution in [0.5, 0.6) is 0 Å². The fourth-order valence-electron chi connectivity index (χ4n) is 3.95. The average molecular weight is 418 g/mol. The molecule has 0 atom stereocenters. The highest BCUT2D eigenvalue weighted by Gasteiger charge is 2.38. The molecule has 0 saturated carbocycles. The van der Waals surface area contributed by atoms with Gasteiger partial charge in [-0.1, -0.05) is 23.4 Å². The normalized spacial score (nSPS) is 19.0. The summed E-state index contributed by atoms with van der Waals surface area (Å²) in [6.45, 7) is 3.70. The third kappa shape index (κ3) is 3.17. The number of nitrogens with zero attached hydrogens (tertiary/aromatic N) is 6. The van der Waals surface area contributed by atoms with Gasteiger partial charge in [0.15, 0.2) is 5.65 Å². The molecule has 0 bridgehead atoms. The Morgan fingerprint density at radius 3 is 2.79 bits per heavy atom. The van der Waals surface area contributed by atoms with Gasteiger partial charge in [0, 0.05) is 37.0 Å². The maximum Gasteiger partial charge on any atom is 0.212 e. The molecular formula is C18H20ClN7OS. The first-order chi connectivity index (χ1) is 13.6. The third-order valence-corrected chi connectivity index (χ3v) is 7.11. The van der Waals surface area contributed by atoms with Gasteiger partial charge in [-0.15, -0.1) is 10.2 Å². The third-order valence-electron chi connectivity index (χ3n) is 5.63. The fourth-order valence-corrected chi connectivity index (χ4v) is 5.07. The van der Waals surface area contributed by atoms with Crippen molar-refractivity contribution >= 4 is 40.8 Å². The van der Waals surface area contributed by atoms with Crippen molar-refractivity contribution in [3.8, 4) is 0 Å². The summed E-state index contributed by atoms with van der Waals surface area (Å²) in [6, 6.07) is 1.75. The molecule has 146 valence electrons. The van der Waals surface area contributed by atoms with Crippen LogP contribution in [-0.2, 0) is 4.74 Å². The Labute approximate surface area is 171 Å². The second-order valence-corrected chi connectivity index (χ2v) is 8.87. The van der Waals surface area contributed by atoms with Gasteiger partial charge >= 0.3 is 0 Å². The molecular weight excluding hydrogens is 398 g/mol. The fraction of sp³-hybridized carbons (Fsp3) is 0.444. The predicted molar refractivity (Wildman–Crippen MR) is 108 cm³/mol. The van der Waals surface area contributed by atoms with Crippen LogP contribution >= 0.6 is 23.4 Å². The molecule has 0 radical (unpaired) electrons. The van der Waals surface area contributed by atoms with Crippen LogP contribution in [0.3, 0.4) is 0 Å². The molecule has 2 fully saturated rings. The molecule has 2 N–H and O–H groups in total.